The second-order valence-corrected chi connectivity index (χ2v) is 6.09. The van der Waals surface area contributed by atoms with Crippen molar-refractivity contribution in [2.24, 2.45) is 5.73 Å². The minimum atomic E-state index is -0.983. The van der Waals surface area contributed by atoms with Gasteiger partial charge in [0.25, 0.3) is 17.2 Å². The number of fused-ring (bicyclic) bond motifs is 1. The Bertz CT molecular complexity index is 957. The van der Waals surface area contributed by atoms with Crippen molar-refractivity contribution in [3.8, 4) is 0 Å². The summed E-state index contributed by atoms with van der Waals surface area (Å²) >= 11 is 1.48. The van der Waals surface area contributed by atoms with E-state index in [1.807, 2.05) is 30.3 Å². The topological polar surface area (TPSA) is 108 Å². The maximum atomic E-state index is 12.2. The van der Waals surface area contributed by atoms with Gasteiger partial charge in [-0.25, -0.2) is 0 Å². The number of nitrogens with two attached hydrogens (primary N) is 1. The Morgan fingerprint density at radius 1 is 1.30 bits per heavy atom. The molecule has 0 atom stereocenters. The predicted octanol–water partition coefficient (Wildman–Crippen LogP) is 2.12. The van der Waals surface area contributed by atoms with E-state index in [1.54, 1.807) is 0 Å². The summed E-state index contributed by atoms with van der Waals surface area (Å²) in [4.78, 5) is 34.7. The maximum Gasteiger partial charge on any atom is 0.286 e. The van der Waals surface area contributed by atoms with Crippen LogP contribution in [0, 0.1) is 10.1 Å². The molecule has 23 heavy (non-hydrogen) atoms. The molecule has 3 rings (SSSR count). The van der Waals surface area contributed by atoms with E-state index in [0.29, 0.717) is 0 Å². The van der Waals surface area contributed by atoms with Gasteiger partial charge in [0, 0.05) is 15.6 Å². The number of hydrogen-bond acceptors (Lipinski definition) is 5. The van der Waals surface area contributed by atoms with Gasteiger partial charge in [0.1, 0.15) is 5.56 Å². The number of carbonyl (C=O) groups excluding carboxylic acids is 1. The summed E-state index contributed by atoms with van der Waals surface area (Å²) in [5.74, 6) is -0.983. The molecule has 1 aromatic carbocycles. The van der Waals surface area contributed by atoms with Crippen LogP contribution in [0.15, 0.2) is 47.4 Å². The highest BCUT2D eigenvalue weighted by Crippen LogP contribution is 2.26. The lowest BCUT2D eigenvalue weighted by Crippen LogP contribution is -2.29. The van der Waals surface area contributed by atoms with Gasteiger partial charge >= 0.3 is 0 Å². The second-order valence-electron chi connectivity index (χ2n) is 4.92. The highest BCUT2D eigenvalue weighted by molar-refractivity contribution is 7.19. The SMILES string of the molecule is NC(=O)c1cc([N+](=O)[O-])cn(Cc2cc3ccccc3s2)c1=O. The molecule has 0 radical (unpaired) electrons. The van der Waals surface area contributed by atoms with Crippen molar-refractivity contribution in [2.75, 3.05) is 0 Å². The molecule has 0 aliphatic heterocycles. The standard InChI is InChI=1S/C15H11N3O4S/c16-14(19)12-6-10(18(21)22)7-17(15(12)20)8-11-5-9-3-1-2-4-13(9)23-11/h1-7H,8H2,(H2,16,19). The minimum Gasteiger partial charge on any atom is -0.365 e. The lowest BCUT2D eigenvalue weighted by atomic mass is 10.2. The first kappa shape index (κ1) is 14.9. The number of rotatable bonds is 4. The summed E-state index contributed by atoms with van der Waals surface area (Å²) in [6.07, 6.45) is 1.12. The van der Waals surface area contributed by atoms with Crippen LogP contribution in [0.5, 0.6) is 0 Å². The van der Waals surface area contributed by atoms with Crippen LogP contribution in [-0.4, -0.2) is 15.4 Å². The Morgan fingerprint density at radius 3 is 2.70 bits per heavy atom. The average molecular weight is 329 g/mol. The Kier molecular flexibility index (Phi) is 3.67. The molecule has 0 bridgehead atoms. The molecule has 2 heterocycles. The van der Waals surface area contributed by atoms with Gasteiger partial charge in [0.05, 0.1) is 17.7 Å². The largest absolute Gasteiger partial charge is 0.365 e. The first-order valence-corrected chi connectivity index (χ1v) is 7.43. The zero-order valence-electron chi connectivity index (χ0n) is 11.8. The van der Waals surface area contributed by atoms with Gasteiger partial charge in [0.15, 0.2) is 0 Å². The van der Waals surface area contributed by atoms with Gasteiger partial charge in [-0.3, -0.25) is 19.7 Å². The fourth-order valence-electron chi connectivity index (χ4n) is 2.30. The van der Waals surface area contributed by atoms with Crippen LogP contribution in [0.2, 0.25) is 0 Å². The smallest absolute Gasteiger partial charge is 0.286 e. The number of nitro groups is 1. The van der Waals surface area contributed by atoms with E-state index >= 15 is 0 Å². The number of carbonyl (C=O) groups is 1. The molecule has 0 unspecified atom stereocenters. The molecule has 0 aliphatic carbocycles. The van der Waals surface area contributed by atoms with Crippen LogP contribution in [0.1, 0.15) is 15.2 Å². The summed E-state index contributed by atoms with van der Waals surface area (Å²) in [6.45, 7) is 0.139. The van der Waals surface area contributed by atoms with Gasteiger partial charge in [-0.15, -0.1) is 11.3 Å². The summed E-state index contributed by atoms with van der Waals surface area (Å²) < 4.78 is 2.19. The molecule has 3 aromatic rings. The highest BCUT2D eigenvalue weighted by Gasteiger charge is 2.17. The van der Waals surface area contributed by atoms with Crippen LogP contribution in [0.25, 0.3) is 10.1 Å². The van der Waals surface area contributed by atoms with E-state index in [2.05, 4.69) is 0 Å². The molecule has 0 aliphatic rings. The van der Waals surface area contributed by atoms with Gasteiger partial charge < -0.3 is 10.3 Å². The molecule has 8 heteroatoms. The fourth-order valence-corrected chi connectivity index (χ4v) is 3.36. The van der Waals surface area contributed by atoms with Crippen LogP contribution >= 0.6 is 11.3 Å². The summed E-state index contributed by atoms with van der Waals surface area (Å²) in [6, 6.07) is 10.5. The predicted molar refractivity (Wildman–Crippen MR) is 86.8 cm³/mol. The summed E-state index contributed by atoms with van der Waals surface area (Å²) in [5, 5.41) is 12.0. The molecule has 0 fully saturated rings. The average Bonchev–Trinajstić information content (AvgIpc) is 2.91. The van der Waals surface area contributed by atoms with E-state index in [1.165, 1.54) is 11.3 Å². The quantitative estimate of drug-likeness (QED) is 0.584. The number of hydrogen-bond donors (Lipinski definition) is 1. The van der Waals surface area contributed by atoms with Gasteiger partial charge in [0.2, 0.25) is 0 Å². The Hall–Kier alpha value is -3.00. The molecule has 2 N–H and O–H groups in total. The molecule has 7 nitrogen and oxygen atoms in total. The van der Waals surface area contributed by atoms with Gasteiger partial charge in [-0.05, 0) is 17.5 Å². The number of amides is 1. The number of pyridine rings is 1. The third-order valence-corrected chi connectivity index (χ3v) is 4.45. The highest BCUT2D eigenvalue weighted by atomic mass is 32.1. The number of thiophene rings is 1. The lowest BCUT2D eigenvalue weighted by Gasteiger charge is -2.05. The molecule has 2 aromatic heterocycles. The minimum absolute atomic E-state index is 0.139. The van der Waals surface area contributed by atoms with E-state index in [9.17, 15) is 19.7 Å². The molecule has 116 valence electrons. The normalized spacial score (nSPS) is 10.8. The monoisotopic (exact) mass is 329 g/mol. The first-order valence-electron chi connectivity index (χ1n) is 6.62. The van der Waals surface area contributed by atoms with Gasteiger partial charge in [-0.1, -0.05) is 18.2 Å². The fraction of sp³-hybridized carbons (Fsp3) is 0.0667. The first-order chi connectivity index (χ1) is 11.0. The Labute approximate surface area is 133 Å². The summed E-state index contributed by atoms with van der Waals surface area (Å²) in [5.41, 5.74) is 3.76. The van der Waals surface area contributed by atoms with Crippen molar-refractivity contribution in [1.82, 2.24) is 4.57 Å². The van der Waals surface area contributed by atoms with Crippen LogP contribution in [0.3, 0.4) is 0 Å². The van der Waals surface area contributed by atoms with Crippen molar-refractivity contribution < 1.29 is 9.72 Å². The van der Waals surface area contributed by atoms with Crippen LogP contribution in [0.4, 0.5) is 5.69 Å². The Balaban J connectivity index is 2.09. The third-order valence-electron chi connectivity index (χ3n) is 3.35. The van der Waals surface area contributed by atoms with E-state index < -0.39 is 16.4 Å². The molecular formula is C15H11N3O4S. The molecule has 1 amide bonds. The number of primary amides is 1. The molecule has 0 saturated carbocycles. The molecule has 0 spiro atoms. The number of aromatic nitrogens is 1. The molecular weight excluding hydrogens is 318 g/mol. The zero-order valence-corrected chi connectivity index (χ0v) is 12.6. The lowest BCUT2D eigenvalue weighted by molar-refractivity contribution is -0.385. The maximum absolute atomic E-state index is 12.2. The van der Waals surface area contributed by atoms with E-state index in [-0.39, 0.29) is 17.8 Å². The second kappa shape index (κ2) is 5.65. The van der Waals surface area contributed by atoms with Crippen LogP contribution in [-0.2, 0) is 6.54 Å². The van der Waals surface area contributed by atoms with Crippen molar-refractivity contribution in [3.05, 3.63) is 73.5 Å². The summed E-state index contributed by atoms with van der Waals surface area (Å²) in [7, 11) is 0. The van der Waals surface area contributed by atoms with E-state index in [4.69, 9.17) is 5.73 Å². The van der Waals surface area contributed by atoms with Gasteiger partial charge in [-0.2, -0.15) is 0 Å². The molecule has 0 saturated heterocycles. The number of benzene rings is 1. The Morgan fingerprint density at radius 2 is 2.04 bits per heavy atom. The van der Waals surface area contributed by atoms with Crippen molar-refractivity contribution >= 4 is 33.0 Å². The third kappa shape index (κ3) is 2.84. The van der Waals surface area contributed by atoms with Crippen LogP contribution < -0.4 is 11.3 Å². The number of nitrogens with zero attached hydrogens (tertiary/aromatic N) is 2. The zero-order chi connectivity index (χ0) is 16.6. The van der Waals surface area contributed by atoms with Crippen molar-refractivity contribution in [1.29, 1.82) is 0 Å². The van der Waals surface area contributed by atoms with Crippen molar-refractivity contribution in [3.63, 3.8) is 0 Å². The van der Waals surface area contributed by atoms with E-state index in [0.717, 1.165) is 31.8 Å². The van der Waals surface area contributed by atoms with Crippen molar-refractivity contribution in [2.45, 2.75) is 6.54 Å².